The van der Waals surface area contributed by atoms with E-state index in [0.29, 0.717) is 23.9 Å². The van der Waals surface area contributed by atoms with Crippen molar-refractivity contribution in [3.8, 4) is 0 Å². The lowest BCUT2D eigenvalue weighted by molar-refractivity contribution is 0.899. The van der Waals surface area contributed by atoms with Crippen LogP contribution in [-0.2, 0) is 0 Å². The summed E-state index contributed by atoms with van der Waals surface area (Å²) in [6.07, 6.45) is 1.17. The van der Waals surface area contributed by atoms with Crippen LogP contribution in [0, 0.1) is 5.92 Å². The lowest BCUT2D eigenvalue weighted by atomic mass is 10.5. The van der Waals surface area contributed by atoms with E-state index < -0.39 is 0 Å². The maximum Gasteiger partial charge on any atom is 0.231 e. The average Bonchev–Trinajstić information content (AvgIpc) is 2.80. The van der Waals surface area contributed by atoms with Gasteiger partial charge in [0.1, 0.15) is 0 Å². The summed E-state index contributed by atoms with van der Waals surface area (Å²) >= 11 is 0. The second-order valence-corrected chi connectivity index (χ2v) is 4.18. The maximum atomic E-state index is 5.60. The molecule has 0 aliphatic heterocycles. The zero-order valence-electron chi connectivity index (χ0n) is 9.23. The Morgan fingerprint density at radius 1 is 1.33 bits per heavy atom. The van der Waals surface area contributed by atoms with Gasteiger partial charge in [-0.3, -0.25) is 0 Å². The summed E-state index contributed by atoms with van der Waals surface area (Å²) in [5.74, 6) is 2.11. The molecule has 0 amide bonds. The molecule has 2 unspecified atom stereocenters. The van der Waals surface area contributed by atoms with Gasteiger partial charge in [-0.2, -0.15) is 15.0 Å². The molecular weight excluding hydrogens is 192 g/mol. The number of rotatable bonds is 3. The first-order chi connectivity index (χ1) is 7.06. The minimum Gasteiger partial charge on any atom is -0.368 e. The molecule has 1 aliphatic carbocycles. The predicted molar refractivity (Wildman–Crippen MR) is 59.8 cm³/mol. The van der Waals surface area contributed by atoms with Crippen LogP contribution in [0.1, 0.15) is 13.3 Å². The smallest absolute Gasteiger partial charge is 0.231 e. The maximum absolute atomic E-state index is 5.60. The molecule has 0 saturated heterocycles. The van der Waals surface area contributed by atoms with Crippen molar-refractivity contribution in [2.24, 2.45) is 5.92 Å². The quantitative estimate of drug-likeness (QED) is 0.745. The minimum atomic E-state index is 0.254. The van der Waals surface area contributed by atoms with Gasteiger partial charge in [0.15, 0.2) is 0 Å². The predicted octanol–water partition coefficient (Wildman–Crippen LogP) is 0.340. The highest BCUT2D eigenvalue weighted by molar-refractivity contribution is 5.42. The van der Waals surface area contributed by atoms with Gasteiger partial charge >= 0.3 is 0 Å². The van der Waals surface area contributed by atoms with Crippen molar-refractivity contribution >= 4 is 17.8 Å². The van der Waals surface area contributed by atoms with Crippen molar-refractivity contribution in [1.29, 1.82) is 0 Å². The van der Waals surface area contributed by atoms with Gasteiger partial charge < -0.3 is 16.0 Å². The molecule has 1 aromatic rings. The number of hydrogen-bond acceptors (Lipinski definition) is 6. The van der Waals surface area contributed by atoms with E-state index in [9.17, 15) is 0 Å². The van der Waals surface area contributed by atoms with Crippen LogP contribution in [0.25, 0.3) is 0 Å². The van der Waals surface area contributed by atoms with E-state index in [4.69, 9.17) is 5.73 Å². The molecule has 82 valence electrons. The Labute approximate surface area is 88.9 Å². The van der Waals surface area contributed by atoms with Gasteiger partial charge in [-0.25, -0.2) is 0 Å². The van der Waals surface area contributed by atoms with E-state index in [1.807, 2.05) is 14.1 Å². The highest BCUT2D eigenvalue weighted by Gasteiger charge is 2.33. The largest absolute Gasteiger partial charge is 0.368 e. The third-order valence-electron chi connectivity index (χ3n) is 2.46. The molecule has 0 spiro atoms. The van der Waals surface area contributed by atoms with Crippen LogP contribution in [0.2, 0.25) is 0 Å². The number of aromatic nitrogens is 3. The molecular formula is C9H16N6. The van der Waals surface area contributed by atoms with E-state index in [0.717, 1.165) is 0 Å². The summed E-state index contributed by atoms with van der Waals surface area (Å²) in [4.78, 5) is 14.1. The third-order valence-corrected chi connectivity index (χ3v) is 2.46. The monoisotopic (exact) mass is 208 g/mol. The molecule has 6 heteroatoms. The number of hydrogen-bond donors (Lipinski definition) is 2. The molecule has 1 fully saturated rings. The van der Waals surface area contributed by atoms with Gasteiger partial charge in [0, 0.05) is 20.1 Å². The Kier molecular flexibility index (Phi) is 2.34. The van der Waals surface area contributed by atoms with Crippen molar-refractivity contribution in [3.05, 3.63) is 0 Å². The van der Waals surface area contributed by atoms with Gasteiger partial charge in [0.05, 0.1) is 0 Å². The highest BCUT2D eigenvalue weighted by atomic mass is 15.3. The Hall–Kier alpha value is -1.59. The normalized spacial score (nSPS) is 23.7. The molecule has 1 aromatic heterocycles. The average molecular weight is 208 g/mol. The molecule has 0 aromatic carbocycles. The summed E-state index contributed by atoms with van der Waals surface area (Å²) in [6.45, 7) is 2.19. The molecule has 2 atom stereocenters. The molecule has 2 rings (SSSR count). The summed E-state index contributed by atoms with van der Waals surface area (Å²) in [5, 5.41) is 3.23. The van der Waals surface area contributed by atoms with Crippen molar-refractivity contribution < 1.29 is 0 Å². The van der Waals surface area contributed by atoms with Gasteiger partial charge in [0.2, 0.25) is 17.8 Å². The topological polar surface area (TPSA) is 80.0 Å². The van der Waals surface area contributed by atoms with Crippen molar-refractivity contribution in [3.63, 3.8) is 0 Å². The Balaban J connectivity index is 2.16. The molecule has 0 bridgehead atoms. The van der Waals surface area contributed by atoms with E-state index in [1.165, 1.54) is 6.42 Å². The first-order valence-corrected chi connectivity index (χ1v) is 5.01. The summed E-state index contributed by atoms with van der Waals surface area (Å²) in [6, 6.07) is 0.488. The summed E-state index contributed by atoms with van der Waals surface area (Å²) < 4.78 is 0. The number of anilines is 3. The SMILES string of the molecule is CC1CC1Nc1nc(N)nc(N(C)C)n1. The van der Waals surface area contributed by atoms with Crippen molar-refractivity contribution in [2.45, 2.75) is 19.4 Å². The lowest BCUT2D eigenvalue weighted by Gasteiger charge is -2.11. The standard InChI is InChI=1S/C9H16N6/c1-5-4-6(5)11-8-12-7(10)13-9(14-8)15(2)3/h5-6H,4H2,1-3H3,(H3,10,11,12,13,14). The lowest BCUT2D eigenvalue weighted by Crippen LogP contribution is -2.17. The molecule has 1 saturated carbocycles. The molecule has 0 radical (unpaired) electrons. The van der Waals surface area contributed by atoms with Crippen LogP contribution in [0.4, 0.5) is 17.8 Å². The van der Waals surface area contributed by atoms with Gasteiger partial charge in [-0.1, -0.05) is 6.92 Å². The minimum absolute atomic E-state index is 0.254. The number of nitrogen functional groups attached to an aromatic ring is 1. The van der Waals surface area contributed by atoms with E-state index in [2.05, 4.69) is 27.2 Å². The molecule has 15 heavy (non-hydrogen) atoms. The number of nitrogens with two attached hydrogens (primary N) is 1. The van der Waals surface area contributed by atoms with E-state index >= 15 is 0 Å². The van der Waals surface area contributed by atoms with E-state index in [1.54, 1.807) is 4.90 Å². The fourth-order valence-corrected chi connectivity index (χ4v) is 1.33. The van der Waals surface area contributed by atoms with Crippen LogP contribution in [0.5, 0.6) is 0 Å². The fourth-order valence-electron chi connectivity index (χ4n) is 1.33. The van der Waals surface area contributed by atoms with Crippen LogP contribution in [0.3, 0.4) is 0 Å². The zero-order chi connectivity index (χ0) is 11.0. The Bertz CT molecular complexity index is 364. The molecule has 1 heterocycles. The van der Waals surface area contributed by atoms with Gasteiger partial charge in [0.25, 0.3) is 0 Å². The second kappa shape index (κ2) is 3.52. The first-order valence-electron chi connectivity index (χ1n) is 5.01. The highest BCUT2D eigenvalue weighted by Crippen LogP contribution is 2.31. The van der Waals surface area contributed by atoms with Crippen molar-refractivity contribution in [1.82, 2.24) is 15.0 Å². The Morgan fingerprint density at radius 3 is 2.53 bits per heavy atom. The first kappa shape index (κ1) is 9.95. The van der Waals surface area contributed by atoms with Gasteiger partial charge in [-0.05, 0) is 12.3 Å². The fraction of sp³-hybridized carbons (Fsp3) is 0.667. The third kappa shape index (κ3) is 2.26. The molecule has 1 aliphatic rings. The van der Waals surface area contributed by atoms with Crippen molar-refractivity contribution in [2.75, 3.05) is 30.0 Å². The van der Waals surface area contributed by atoms with Crippen LogP contribution in [-0.4, -0.2) is 35.1 Å². The summed E-state index contributed by atoms with van der Waals surface area (Å²) in [5.41, 5.74) is 5.60. The van der Waals surface area contributed by atoms with Crippen LogP contribution >= 0.6 is 0 Å². The zero-order valence-corrected chi connectivity index (χ0v) is 9.23. The number of nitrogens with one attached hydrogen (secondary N) is 1. The number of nitrogens with zero attached hydrogens (tertiary/aromatic N) is 4. The molecule has 3 N–H and O–H groups in total. The second-order valence-electron chi connectivity index (χ2n) is 4.18. The van der Waals surface area contributed by atoms with Gasteiger partial charge in [-0.15, -0.1) is 0 Å². The van der Waals surface area contributed by atoms with Crippen LogP contribution < -0.4 is 16.0 Å². The van der Waals surface area contributed by atoms with E-state index in [-0.39, 0.29) is 5.95 Å². The summed E-state index contributed by atoms with van der Waals surface area (Å²) in [7, 11) is 3.75. The Morgan fingerprint density at radius 2 is 2.00 bits per heavy atom. The molecule has 6 nitrogen and oxygen atoms in total. The van der Waals surface area contributed by atoms with Crippen LogP contribution in [0.15, 0.2) is 0 Å².